The molecule has 0 spiro atoms. The molecule has 0 saturated carbocycles. The molecule has 0 aliphatic rings. The lowest BCUT2D eigenvalue weighted by atomic mass is 9.95. The summed E-state index contributed by atoms with van der Waals surface area (Å²) in [5.41, 5.74) is 0. The summed E-state index contributed by atoms with van der Waals surface area (Å²) in [6.07, 6.45) is 2.30. The van der Waals surface area contributed by atoms with Crippen molar-refractivity contribution in [1.82, 2.24) is 5.32 Å². The van der Waals surface area contributed by atoms with Crippen molar-refractivity contribution in [1.29, 1.82) is 0 Å². The maximum Gasteiger partial charge on any atom is 0.0638 e. The van der Waals surface area contributed by atoms with Gasteiger partial charge in [-0.15, -0.1) is 0 Å². The minimum atomic E-state index is 0.0625. The Morgan fingerprint density at radius 3 is 1.81 bits per heavy atom. The molecule has 0 aliphatic carbocycles. The monoisotopic (exact) mass is 231 g/mol. The summed E-state index contributed by atoms with van der Waals surface area (Å²) in [6, 6.07) is 0.541. The van der Waals surface area contributed by atoms with E-state index in [4.69, 9.17) is 4.74 Å². The number of methoxy groups -OCH3 is 1. The van der Waals surface area contributed by atoms with Gasteiger partial charge in [-0.1, -0.05) is 27.7 Å². The summed E-state index contributed by atoms with van der Waals surface area (Å²) in [7, 11) is 1.67. The molecule has 0 radical (unpaired) electrons. The standard InChI is InChI=1S/C13H29NO2/c1-10(2)6-12(7-11(3)4)14-13(8-15)9-16-5/h10-15H,6-9H2,1-5H3. The first-order valence-electron chi connectivity index (χ1n) is 6.35. The van der Waals surface area contributed by atoms with Gasteiger partial charge in [-0.3, -0.25) is 0 Å². The highest BCUT2D eigenvalue weighted by Crippen LogP contribution is 2.13. The first-order valence-corrected chi connectivity index (χ1v) is 6.35. The zero-order chi connectivity index (χ0) is 12.6. The van der Waals surface area contributed by atoms with Crippen LogP contribution in [0.1, 0.15) is 40.5 Å². The zero-order valence-corrected chi connectivity index (χ0v) is 11.5. The fraction of sp³-hybridized carbons (Fsp3) is 1.00. The van der Waals surface area contributed by atoms with Gasteiger partial charge < -0.3 is 15.2 Å². The molecule has 0 heterocycles. The van der Waals surface area contributed by atoms with Crippen molar-refractivity contribution in [3.8, 4) is 0 Å². The maximum atomic E-state index is 9.23. The lowest BCUT2D eigenvalue weighted by Gasteiger charge is -2.27. The molecule has 0 rings (SSSR count). The van der Waals surface area contributed by atoms with Gasteiger partial charge in [0.05, 0.1) is 19.3 Å². The minimum absolute atomic E-state index is 0.0625. The Morgan fingerprint density at radius 1 is 1.00 bits per heavy atom. The second-order valence-corrected chi connectivity index (χ2v) is 5.46. The SMILES string of the molecule is COCC(CO)NC(CC(C)C)CC(C)C. The molecule has 0 aliphatic heterocycles. The average Bonchev–Trinajstić information content (AvgIpc) is 2.14. The van der Waals surface area contributed by atoms with Crippen molar-refractivity contribution in [2.45, 2.75) is 52.6 Å². The molecule has 0 aromatic carbocycles. The lowest BCUT2D eigenvalue weighted by Crippen LogP contribution is -2.44. The number of hydrogen-bond donors (Lipinski definition) is 2. The molecule has 0 fully saturated rings. The summed E-state index contributed by atoms with van der Waals surface area (Å²) in [5.74, 6) is 1.36. The zero-order valence-electron chi connectivity index (χ0n) is 11.5. The molecule has 16 heavy (non-hydrogen) atoms. The van der Waals surface area contributed by atoms with E-state index in [1.807, 2.05) is 0 Å². The quantitative estimate of drug-likeness (QED) is 0.638. The van der Waals surface area contributed by atoms with Gasteiger partial charge in [-0.25, -0.2) is 0 Å². The Kier molecular flexibility index (Phi) is 8.90. The van der Waals surface area contributed by atoms with E-state index in [-0.39, 0.29) is 12.6 Å². The third-order valence-electron chi connectivity index (χ3n) is 2.57. The number of nitrogens with one attached hydrogen (secondary N) is 1. The van der Waals surface area contributed by atoms with Crippen LogP contribution in [-0.4, -0.2) is 37.5 Å². The Labute approximate surface area is 101 Å². The van der Waals surface area contributed by atoms with Crippen molar-refractivity contribution < 1.29 is 9.84 Å². The molecule has 0 bridgehead atoms. The van der Waals surface area contributed by atoms with Crippen molar-refractivity contribution in [2.75, 3.05) is 20.3 Å². The second-order valence-electron chi connectivity index (χ2n) is 5.46. The summed E-state index contributed by atoms with van der Waals surface area (Å²) in [6.45, 7) is 9.65. The van der Waals surface area contributed by atoms with Crippen LogP contribution in [0, 0.1) is 11.8 Å². The van der Waals surface area contributed by atoms with Crippen LogP contribution in [0.3, 0.4) is 0 Å². The second kappa shape index (κ2) is 8.97. The molecular weight excluding hydrogens is 202 g/mol. The summed E-state index contributed by atoms with van der Waals surface area (Å²) in [5, 5.41) is 12.7. The highest BCUT2D eigenvalue weighted by Gasteiger charge is 2.17. The Hall–Kier alpha value is -0.120. The van der Waals surface area contributed by atoms with Gasteiger partial charge in [0.1, 0.15) is 0 Å². The van der Waals surface area contributed by atoms with Crippen LogP contribution in [0.5, 0.6) is 0 Å². The van der Waals surface area contributed by atoms with Crippen LogP contribution >= 0.6 is 0 Å². The first-order chi connectivity index (χ1) is 7.49. The highest BCUT2D eigenvalue weighted by molar-refractivity contribution is 4.76. The van der Waals surface area contributed by atoms with Crippen molar-refractivity contribution in [2.24, 2.45) is 11.8 Å². The van der Waals surface area contributed by atoms with Crippen molar-refractivity contribution in [3.05, 3.63) is 0 Å². The van der Waals surface area contributed by atoms with Crippen LogP contribution in [0.4, 0.5) is 0 Å². The van der Waals surface area contributed by atoms with Gasteiger partial charge >= 0.3 is 0 Å². The van der Waals surface area contributed by atoms with Crippen LogP contribution < -0.4 is 5.32 Å². The number of aliphatic hydroxyl groups is 1. The molecule has 0 aromatic rings. The van der Waals surface area contributed by atoms with E-state index < -0.39 is 0 Å². The van der Waals surface area contributed by atoms with Gasteiger partial charge in [0.15, 0.2) is 0 Å². The number of rotatable bonds is 9. The largest absolute Gasteiger partial charge is 0.395 e. The topological polar surface area (TPSA) is 41.5 Å². The Balaban J connectivity index is 4.15. The predicted molar refractivity (Wildman–Crippen MR) is 68.6 cm³/mol. The third-order valence-corrected chi connectivity index (χ3v) is 2.57. The van der Waals surface area contributed by atoms with Crippen molar-refractivity contribution >= 4 is 0 Å². The number of aliphatic hydroxyl groups excluding tert-OH is 1. The van der Waals surface area contributed by atoms with Gasteiger partial charge in [0.25, 0.3) is 0 Å². The van der Waals surface area contributed by atoms with E-state index in [0.29, 0.717) is 24.5 Å². The fourth-order valence-electron chi connectivity index (χ4n) is 2.06. The molecular formula is C13H29NO2. The van der Waals surface area contributed by atoms with E-state index in [1.54, 1.807) is 7.11 Å². The molecule has 3 nitrogen and oxygen atoms in total. The fourth-order valence-corrected chi connectivity index (χ4v) is 2.06. The molecule has 1 unspecified atom stereocenters. The van der Waals surface area contributed by atoms with Crippen LogP contribution in [-0.2, 0) is 4.74 Å². The summed E-state index contributed by atoms with van der Waals surface area (Å²) < 4.78 is 5.08. The third kappa shape index (κ3) is 8.08. The maximum absolute atomic E-state index is 9.23. The van der Waals surface area contributed by atoms with Crippen molar-refractivity contribution in [3.63, 3.8) is 0 Å². The van der Waals surface area contributed by atoms with Gasteiger partial charge in [-0.2, -0.15) is 0 Å². The van der Waals surface area contributed by atoms with E-state index in [0.717, 1.165) is 12.8 Å². The number of ether oxygens (including phenoxy) is 1. The normalized spacial score (nSPS) is 14.1. The molecule has 2 N–H and O–H groups in total. The summed E-state index contributed by atoms with van der Waals surface area (Å²) in [4.78, 5) is 0. The molecule has 0 saturated heterocycles. The average molecular weight is 231 g/mol. The smallest absolute Gasteiger partial charge is 0.0638 e. The van der Waals surface area contributed by atoms with Gasteiger partial charge in [0.2, 0.25) is 0 Å². The van der Waals surface area contributed by atoms with E-state index in [9.17, 15) is 5.11 Å². The van der Waals surface area contributed by atoms with Crippen LogP contribution in [0.15, 0.2) is 0 Å². The van der Waals surface area contributed by atoms with Crippen LogP contribution in [0.2, 0.25) is 0 Å². The minimum Gasteiger partial charge on any atom is -0.395 e. The Bertz CT molecular complexity index is 150. The van der Waals surface area contributed by atoms with E-state index in [2.05, 4.69) is 33.0 Å². The van der Waals surface area contributed by atoms with Crippen LogP contribution in [0.25, 0.3) is 0 Å². The highest BCUT2D eigenvalue weighted by atomic mass is 16.5. The van der Waals surface area contributed by atoms with Gasteiger partial charge in [0, 0.05) is 13.2 Å². The summed E-state index contributed by atoms with van der Waals surface area (Å²) >= 11 is 0. The molecule has 1 atom stereocenters. The molecule has 0 amide bonds. The van der Waals surface area contributed by atoms with Gasteiger partial charge in [-0.05, 0) is 24.7 Å². The predicted octanol–water partition coefficient (Wildman–Crippen LogP) is 2.04. The lowest BCUT2D eigenvalue weighted by molar-refractivity contribution is 0.117. The molecule has 0 aromatic heterocycles. The van der Waals surface area contributed by atoms with E-state index >= 15 is 0 Å². The van der Waals surface area contributed by atoms with E-state index in [1.165, 1.54) is 0 Å². The molecule has 3 heteroatoms. The molecule has 98 valence electrons. The number of hydrogen-bond acceptors (Lipinski definition) is 3. The first kappa shape index (κ1) is 15.9. The Morgan fingerprint density at radius 2 is 1.50 bits per heavy atom.